The molecule has 1 N–H and O–H groups in total. The van der Waals surface area contributed by atoms with E-state index in [-0.39, 0.29) is 0 Å². The van der Waals surface area contributed by atoms with E-state index in [9.17, 15) is 0 Å². The summed E-state index contributed by atoms with van der Waals surface area (Å²) in [5.74, 6) is 0.750. The zero-order valence-electron chi connectivity index (χ0n) is 13.9. The van der Waals surface area contributed by atoms with Gasteiger partial charge in [-0.25, -0.2) is 0 Å². The lowest BCUT2D eigenvalue weighted by Crippen LogP contribution is -2.35. The van der Waals surface area contributed by atoms with Crippen molar-refractivity contribution in [2.75, 3.05) is 20.1 Å². The molecule has 116 valence electrons. The molecular weight excluding hydrogens is 256 g/mol. The fourth-order valence-electron chi connectivity index (χ4n) is 3.72. The van der Waals surface area contributed by atoms with Crippen LogP contribution in [0.25, 0.3) is 0 Å². The van der Waals surface area contributed by atoms with Crippen LogP contribution in [0.3, 0.4) is 0 Å². The third-order valence-electron chi connectivity index (χ3n) is 5.38. The second kappa shape index (κ2) is 6.50. The Bertz CT molecular complexity index is 478. The maximum absolute atomic E-state index is 3.77. The highest BCUT2D eigenvalue weighted by molar-refractivity contribution is 5.32. The van der Waals surface area contributed by atoms with Crippen molar-refractivity contribution >= 4 is 0 Å². The third kappa shape index (κ3) is 3.67. The van der Waals surface area contributed by atoms with E-state index in [0.29, 0.717) is 6.04 Å². The van der Waals surface area contributed by atoms with E-state index in [1.807, 2.05) is 0 Å². The molecule has 2 nitrogen and oxygen atoms in total. The molecule has 0 bridgehead atoms. The third-order valence-corrected chi connectivity index (χ3v) is 5.38. The fraction of sp³-hybridized carbons (Fsp3) is 0.684. The van der Waals surface area contributed by atoms with Gasteiger partial charge in [0.25, 0.3) is 0 Å². The number of nitrogens with one attached hydrogen (secondary N) is 1. The fourth-order valence-corrected chi connectivity index (χ4v) is 3.72. The van der Waals surface area contributed by atoms with Crippen molar-refractivity contribution in [3.05, 3.63) is 34.9 Å². The Morgan fingerprint density at radius 3 is 2.62 bits per heavy atom. The summed E-state index contributed by atoms with van der Waals surface area (Å²) in [6.07, 6.45) is 6.86. The van der Waals surface area contributed by atoms with Crippen molar-refractivity contribution in [1.82, 2.24) is 10.2 Å². The average molecular weight is 286 g/mol. The zero-order valence-corrected chi connectivity index (χ0v) is 13.9. The van der Waals surface area contributed by atoms with Crippen LogP contribution in [-0.2, 0) is 0 Å². The molecular formula is C19H30N2. The van der Waals surface area contributed by atoms with Crippen LogP contribution in [0.2, 0.25) is 0 Å². The van der Waals surface area contributed by atoms with Crippen molar-refractivity contribution < 1.29 is 0 Å². The van der Waals surface area contributed by atoms with Gasteiger partial charge in [-0.05, 0) is 75.7 Å². The lowest BCUT2D eigenvalue weighted by atomic mass is 9.88. The Morgan fingerprint density at radius 1 is 1.10 bits per heavy atom. The molecule has 0 radical (unpaired) electrons. The molecule has 0 aromatic heterocycles. The number of hydrogen-bond acceptors (Lipinski definition) is 2. The SMILES string of the molecule is Cc1ccc(C2C(CNC3CC3)CCCCN2C)cc1C. The highest BCUT2D eigenvalue weighted by Crippen LogP contribution is 2.35. The monoisotopic (exact) mass is 286 g/mol. The van der Waals surface area contributed by atoms with Gasteiger partial charge in [-0.1, -0.05) is 24.6 Å². The van der Waals surface area contributed by atoms with Crippen molar-refractivity contribution in [3.8, 4) is 0 Å². The van der Waals surface area contributed by atoms with Crippen molar-refractivity contribution in [2.45, 2.75) is 58.0 Å². The first kappa shape index (κ1) is 15.1. The Balaban J connectivity index is 1.81. The first-order valence-corrected chi connectivity index (χ1v) is 8.66. The molecule has 1 aliphatic carbocycles. The summed E-state index contributed by atoms with van der Waals surface area (Å²) in [6.45, 7) is 6.87. The van der Waals surface area contributed by atoms with Gasteiger partial charge in [0.1, 0.15) is 0 Å². The van der Waals surface area contributed by atoms with E-state index in [2.05, 4.69) is 49.3 Å². The Kier molecular flexibility index (Phi) is 4.66. The number of rotatable bonds is 4. The summed E-state index contributed by atoms with van der Waals surface area (Å²) < 4.78 is 0. The molecule has 2 unspecified atom stereocenters. The summed E-state index contributed by atoms with van der Waals surface area (Å²) in [7, 11) is 2.31. The number of aryl methyl sites for hydroxylation is 2. The molecule has 0 amide bonds. The maximum Gasteiger partial charge on any atom is 0.0385 e. The van der Waals surface area contributed by atoms with Crippen LogP contribution in [0.5, 0.6) is 0 Å². The van der Waals surface area contributed by atoms with Crippen LogP contribution < -0.4 is 5.32 Å². The molecule has 2 atom stereocenters. The van der Waals surface area contributed by atoms with E-state index in [0.717, 1.165) is 12.0 Å². The highest BCUT2D eigenvalue weighted by atomic mass is 15.1. The van der Waals surface area contributed by atoms with Gasteiger partial charge in [0, 0.05) is 18.6 Å². The minimum absolute atomic E-state index is 0.582. The first-order chi connectivity index (χ1) is 10.1. The lowest BCUT2D eigenvalue weighted by Gasteiger charge is -2.33. The average Bonchev–Trinajstić information content (AvgIpc) is 3.28. The van der Waals surface area contributed by atoms with Crippen LogP contribution in [-0.4, -0.2) is 31.1 Å². The summed E-state index contributed by atoms with van der Waals surface area (Å²) in [4.78, 5) is 2.59. The molecule has 21 heavy (non-hydrogen) atoms. The van der Waals surface area contributed by atoms with Crippen LogP contribution >= 0.6 is 0 Å². The topological polar surface area (TPSA) is 15.3 Å². The predicted octanol–water partition coefficient (Wildman–Crippen LogP) is 3.83. The van der Waals surface area contributed by atoms with Gasteiger partial charge in [-0.15, -0.1) is 0 Å². The molecule has 2 fully saturated rings. The number of hydrogen-bond donors (Lipinski definition) is 1. The quantitative estimate of drug-likeness (QED) is 0.905. The number of nitrogens with zero attached hydrogens (tertiary/aromatic N) is 1. The van der Waals surface area contributed by atoms with Gasteiger partial charge in [-0.3, -0.25) is 4.90 Å². The predicted molar refractivity (Wildman–Crippen MR) is 89.7 cm³/mol. The van der Waals surface area contributed by atoms with Gasteiger partial charge >= 0.3 is 0 Å². The molecule has 2 aliphatic rings. The maximum atomic E-state index is 3.77. The first-order valence-electron chi connectivity index (χ1n) is 8.66. The summed E-state index contributed by atoms with van der Waals surface area (Å²) >= 11 is 0. The molecule has 1 aromatic rings. The minimum Gasteiger partial charge on any atom is -0.314 e. The molecule has 0 spiro atoms. The van der Waals surface area contributed by atoms with Crippen molar-refractivity contribution in [2.24, 2.45) is 5.92 Å². The smallest absolute Gasteiger partial charge is 0.0385 e. The lowest BCUT2D eigenvalue weighted by molar-refractivity contribution is 0.188. The van der Waals surface area contributed by atoms with Crippen LogP contribution in [0.1, 0.15) is 54.8 Å². The van der Waals surface area contributed by atoms with Gasteiger partial charge in [0.2, 0.25) is 0 Å². The molecule has 1 aliphatic heterocycles. The standard InChI is InChI=1S/C19H30N2/c1-14-7-8-16(12-15(14)2)19-17(13-20-18-9-10-18)6-4-5-11-21(19)3/h7-8,12,17-20H,4-6,9-11,13H2,1-3H3. The van der Waals surface area contributed by atoms with E-state index in [1.54, 1.807) is 0 Å². The number of likely N-dealkylation sites (tertiary alicyclic amines) is 1. The molecule has 1 saturated heterocycles. The molecule has 1 heterocycles. The van der Waals surface area contributed by atoms with E-state index in [1.165, 1.54) is 61.9 Å². The number of benzene rings is 1. The van der Waals surface area contributed by atoms with Gasteiger partial charge in [0.05, 0.1) is 0 Å². The summed E-state index contributed by atoms with van der Waals surface area (Å²) in [5, 5.41) is 3.77. The van der Waals surface area contributed by atoms with Gasteiger partial charge < -0.3 is 5.32 Å². The summed E-state index contributed by atoms with van der Waals surface area (Å²) in [6, 6.07) is 8.48. The molecule has 1 aromatic carbocycles. The zero-order chi connectivity index (χ0) is 14.8. The largest absolute Gasteiger partial charge is 0.314 e. The highest BCUT2D eigenvalue weighted by Gasteiger charge is 2.30. The van der Waals surface area contributed by atoms with Crippen molar-refractivity contribution in [1.29, 1.82) is 0 Å². The minimum atomic E-state index is 0.582. The normalized spacial score (nSPS) is 27.6. The van der Waals surface area contributed by atoms with Crippen LogP contribution in [0, 0.1) is 19.8 Å². The molecule has 3 rings (SSSR count). The van der Waals surface area contributed by atoms with Gasteiger partial charge in [0.15, 0.2) is 0 Å². The second-order valence-corrected chi connectivity index (χ2v) is 7.21. The van der Waals surface area contributed by atoms with Gasteiger partial charge in [-0.2, -0.15) is 0 Å². The van der Waals surface area contributed by atoms with E-state index >= 15 is 0 Å². The Morgan fingerprint density at radius 2 is 1.90 bits per heavy atom. The Labute approximate surface area is 129 Å². The molecule has 2 heteroatoms. The second-order valence-electron chi connectivity index (χ2n) is 7.21. The Hall–Kier alpha value is -0.860. The summed E-state index contributed by atoms with van der Waals surface area (Å²) in [5.41, 5.74) is 4.35. The van der Waals surface area contributed by atoms with Crippen molar-refractivity contribution in [3.63, 3.8) is 0 Å². The van der Waals surface area contributed by atoms with Crippen LogP contribution in [0.15, 0.2) is 18.2 Å². The van der Waals surface area contributed by atoms with Crippen LogP contribution in [0.4, 0.5) is 0 Å². The molecule has 1 saturated carbocycles. The van der Waals surface area contributed by atoms with E-state index in [4.69, 9.17) is 0 Å². The van der Waals surface area contributed by atoms with E-state index < -0.39 is 0 Å².